The van der Waals surface area contributed by atoms with Gasteiger partial charge in [0.1, 0.15) is 0 Å². The van der Waals surface area contributed by atoms with E-state index in [1.807, 2.05) is 0 Å². The number of carbonyl (C=O) groups is 1. The van der Waals surface area contributed by atoms with E-state index in [1.165, 1.54) is 0 Å². The summed E-state index contributed by atoms with van der Waals surface area (Å²) in [5.74, 6) is 2.72. The third-order valence-corrected chi connectivity index (χ3v) is 1.86. The molecule has 0 heterocycles. The Kier molecular flexibility index (Phi) is 3.19. The molecule has 1 aromatic rings. The van der Waals surface area contributed by atoms with Gasteiger partial charge in [0.15, 0.2) is 0 Å². The fourth-order valence-corrected chi connectivity index (χ4v) is 1.10. The number of nitrogens with zero attached hydrogens (tertiary/aromatic N) is 2. The summed E-state index contributed by atoms with van der Waals surface area (Å²) in [6.45, 7) is 0. The van der Waals surface area contributed by atoms with Crippen molar-refractivity contribution >= 4 is 17.3 Å². The van der Waals surface area contributed by atoms with Crippen LogP contribution in [0.15, 0.2) is 12.1 Å². The van der Waals surface area contributed by atoms with Crippen molar-refractivity contribution in [1.29, 1.82) is 0 Å². The van der Waals surface area contributed by atoms with E-state index in [-0.39, 0.29) is 0 Å². The first-order chi connectivity index (χ1) is 7.88. The zero-order valence-corrected chi connectivity index (χ0v) is 8.11. The average Bonchev–Trinajstić information content (AvgIpc) is 2.27. The van der Waals surface area contributed by atoms with Gasteiger partial charge in [0, 0.05) is 6.07 Å². The van der Waals surface area contributed by atoms with E-state index in [4.69, 9.17) is 5.84 Å². The molecular formula is C7H6N4O6. The fraction of sp³-hybridized carbons (Fsp3) is 0. The van der Waals surface area contributed by atoms with Gasteiger partial charge in [0.25, 0.3) is 11.6 Å². The van der Waals surface area contributed by atoms with Crippen LogP contribution >= 0.6 is 0 Å². The molecule has 10 nitrogen and oxygen atoms in total. The van der Waals surface area contributed by atoms with Crippen molar-refractivity contribution in [2.45, 2.75) is 0 Å². The maximum atomic E-state index is 11.1. The van der Waals surface area contributed by atoms with Crippen LogP contribution in [0.1, 0.15) is 10.4 Å². The second-order valence-corrected chi connectivity index (χ2v) is 2.85. The van der Waals surface area contributed by atoms with Crippen LogP contribution in [0, 0.1) is 20.2 Å². The highest BCUT2D eigenvalue weighted by atomic mass is 16.7. The highest BCUT2D eigenvalue weighted by molar-refractivity contribution is 5.98. The minimum Gasteiger partial charge on any atom is -0.502 e. The molecule has 0 aliphatic carbocycles. The molecule has 0 unspecified atom stereocenters. The number of nitro groups is 2. The summed E-state index contributed by atoms with van der Waals surface area (Å²) < 4.78 is 0. The highest BCUT2D eigenvalue weighted by Crippen LogP contribution is 2.33. The van der Waals surface area contributed by atoms with E-state index < -0.39 is 38.4 Å². The first-order valence-electron chi connectivity index (χ1n) is 4.05. The normalized spacial score (nSPS) is 9.71. The third kappa shape index (κ3) is 2.26. The number of non-ortho nitro benzene ring substituents is 1. The van der Waals surface area contributed by atoms with Crippen molar-refractivity contribution in [1.82, 2.24) is 5.43 Å². The van der Waals surface area contributed by atoms with E-state index in [0.29, 0.717) is 12.1 Å². The van der Waals surface area contributed by atoms with E-state index in [2.05, 4.69) is 0 Å². The van der Waals surface area contributed by atoms with Crippen LogP contribution in [0.4, 0.5) is 11.4 Å². The van der Waals surface area contributed by atoms with Crippen LogP contribution in [0.2, 0.25) is 0 Å². The number of nitrogen functional groups attached to an aromatic ring is 1. The molecule has 0 aromatic heterocycles. The number of nitrogens with one attached hydrogen (secondary N) is 1. The number of phenols is 1. The van der Waals surface area contributed by atoms with Gasteiger partial charge in [-0.25, -0.2) is 5.84 Å². The molecular weight excluding hydrogens is 242 g/mol. The number of carbonyl (C=O) groups excluding carboxylic acids is 1. The topological polar surface area (TPSA) is 162 Å². The molecule has 0 saturated carbocycles. The van der Waals surface area contributed by atoms with Gasteiger partial charge < -0.3 is 5.11 Å². The molecule has 0 saturated heterocycles. The Balaban J connectivity index is 3.54. The molecule has 4 N–H and O–H groups in total. The summed E-state index contributed by atoms with van der Waals surface area (Å²) in [5.41, 5.74) is -0.682. The van der Waals surface area contributed by atoms with Crippen molar-refractivity contribution in [3.8, 4) is 5.75 Å². The number of hydrogen-bond acceptors (Lipinski definition) is 7. The zero-order chi connectivity index (χ0) is 13.2. The summed E-state index contributed by atoms with van der Waals surface area (Å²) in [6, 6.07) is 1.23. The largest absolute Gasteiger partial charge is 0.502 e. The summed E-state index contributed by atoms with van der Waals surface area (Å²) in [4.78, 5) is 30.2. The van der Waals surface area contributed by atoms with Crippen molar-refractivity contribution < 1.29 is 19.7 Å². The van der Waals surface area contributed by atoms with Crippen molar-refractivity contribution in [3.05, 3.63) is 37.9 Å². The van der Waals surface area contributed by atoms with Crippen LogP contribution in [-0.4, -0.2) is 20.9 Å². The standard InChI is InChI=1S/C7H6N4O6/c8-9-7(13)4-1-3(10(14)15)2-5(6(4)12)11(16)17/h1-2,12H,8H2,(H,9,13)/i1+1,2+1,3+1,4+1,5+1,6+1. The summed E-state index contributed by atoms with van der Waals surface area (Å²) in [5, 5.41) is 30.4. The molecule has 0 aliphatic heterocycles. The number of aromatic hydroxyl groups is 1. The molecule has 90 valence electrons. The minimum atomic E-state index is -1.07. The summed E-state index contributed by atoms with van der Waals surface area (Å²) >= 11 is 0. The van der Waals surface area contributed by atoms with Gasteiger partial charge in [0.05, 0.1) is 21.5 Å². The third-order valence-electron chi connectivity index (χ3n) is 1.86. The van der Waals surface area contributed by atoms with Gasteiger partial charge in [-0.3, -0.25) is 30.4 Å². The number of benzene rings is 1. The van der Waals surface area contributed by atoms with Crippen LogP contribution in [0.3, 0.4) is 0 Å². The van der Waals surface area contributed by atoms with Gasteiger partial charge >= 0.3 is 5.69 Å². The van der Waals surface area contributed by atoms with Crippen molar-refractivity contribution in [2.75, 3.05) is 0 Å². The smallest absolute Gasteiger partial charge is 0.318 e. The number of amides is 1. The predicted octanol–water partition coefficient (Wildman–Crippen LogP) is -0.188. The zero-order valence-electron chi connectivity index (χ0n) is 8.11. The van der Waals surface area contributed by atoms with Crippen LogP contribution in [-0.2, 0) is 0 Å². The van der Waals surface area contributed by atoms with Gasteiger partial charge in [-0.1, -0.05) is 0 Å². The minimum absolute atomic E-state index is 0.544. The molecule has 0 spiro atoms. The number of nitrogens with two attached hydrogens (primary N) is 1. The number of hydrazine groups is 1. The Bertz CT molecular complexity index is 513. The molecule has 0 bridgehead atoms. The SMILES string of the molecule is NNC(=O)[13c]1[13cH][13c]([N+](=O)[O-])[13cH][13c]([N+](=O)[O-])[13c]1O. The number of nitro benzene ring substituents is 2. The highest BCUT2D eigenvalue weighted by Gasteiger charge is 2.26. The van der Waals surface area contributed by atoms with Gasteiger partial charge in [0.2, 0.25) is 5.75 Å². The average molecular weight is 248 g/mol. The monoisotopic (exact) mass is 248 g/mol. The van der Waals surface area contributed by atoms with Crippen LogP contribution < -0.4 is 11.3 Å². The first kappa shape index (κ1) is 12.3. The quantitative estimate of drug-likeness (QED) is 0.289. The Hall–Kier alpha value is -2.75. The van der Waals surface area contributed by atoms with Crippen molar-refractivity contribution in [3.63, 3.8) is 0 Å². The Morgan fingerprint density at radius 1 is 1.29 bits per heavy atom. The Morgan fingerprint density at radius 2 is 1.88 bits per heavy atom. The summed E-state index contributed by atoms with van der Waals surface area (Å²) in [7, 11) is 0. The predicted molar refractivity (Wildman–Crippen MR) is 53.1 cm³/mol. The van der Waals surface area contributed by atoms with E-state index in [1.54, 1.807) is 5.43 Å². The molecule has 0 fully saturated rings. The fourth-order valence-electron chi connectivity index (χ4n) is 1.10. The number of rotatable bonds is 3. The van der Waals surface area contributed by atoms with Gasteiger partial charge in [-0.15, -0.1) is 0 Å². The van der Waals surface area contributed by atoms with Crippen LogP contribution in [0.5, 0.6) is 5.75 Å². The van der Waals surface area contributed by atoms with E-state index in [9.17, 15) is 30.1 Å². The molecule has 0 radical (unpaired) electrons. The Labute approximate surface area is 92.9 Å². The number of phenolic OH excluding ortho intramolecular Hbond substituents is 1. The lowest BCUT2D eigenvalue weighted by Gasteiger charge is -2.03. The first-order valence-corrected chi connectivity index (χ1v) is 4.05. The number of hydrogen-bond donors (Lipinski definition) is 3. The molecule has 17 heavy (non-hydrogen) atoms. The molecule has 10 heteroatoms. The Morgan fingerprint density at radius 3 is 2.29 bits per heavy atom. The molecule has 1 aromatic carbocycles. The lowest BCUT2D eigenvalue weighted by molar-refractivity contribution is -0.394. The molecule has 0 atom stereocenters. The lowest BCUT2D eigenvalue weighted by atomic mass is 10.8. The van der Waals surface area contributed by atoms with Gasteiger partial charge in [-0.05, 0) is 0 Å². The molecule has 1 amide bonds. The van der Waals surface area contributed by atoms with Crippen molar-refractivity contribution in [2.24, 2.45) is 5.84 Å². The lowest BCUT2D eigenvalue weighted by Crippen LogP contribution is -2.30. The van der Waals surface area contributed by atoms with Crippen LogP contribution in [0.25, 0.3) is 0 Å². The molecule has 0 aliphatic rings. The second-order valence-electron chi connectivity index (χ2n) is 2.85. The van der Waals surface area contributed by atoms with E-state index >= 15 is 0 Å². The second kappa shape index (κ2) is 4.40. The maximum Gasteiger partial charge on any atom is 0.318 e. The van der Waals surface area contributed by atoms with Gasteiger partial charge in [-0.2, -0.15) is 0 Å². The maximum absolute atomic E-state index is 11.1. The van der Waals surface area contributed by atoms with E-state index in [0.717, 1.165) is 0 Å². The summed E-state index contributed by atoms with van der Waals surface area (Å²) in [6.07, 6.45) is 0. The molecule has 1 rings (SSSR count).